The van der Waals surface area contributed by atoms with Crippen LogP contribution in [0.4, 0.5) is 8.78 Å². The van der Waals surface area contributed by atoms with Gasteiger partial charge in [-0.15, -0.1) is 0 Å². The van der Waals surface area contributed by atoms with Gasteiger partial charge >= 0.3 is 0 Å². The Morgan fingerprint density at radius 3 is 2.87 bits per heavy atom. The summed E-state index contributed by atoms with van der Waals surface area (Å²) in [4.78, 5) is 11.8. The molecule has 0 aliphatic carbocycles. The Labute approximate surface area is 135 Å². The summed E-state index contributed by atoms with van der Waals surface area (Å²) in [5.41, 5.74) is 0.177. The third-order valence-corrected chi connectivity index (χ3v) is 3.89. The van der Waals surface area contributed by atoms with Crippen LogP contribution in [-0.2, 0) is 9.53 Å². The molecule has 6 heteroatoms. The van der Waals surface area contributed by atoms with Gasteiger partial charge < -0.3 is 15.4 Å². The highest BCUT2D eigenvalue weighted by atomic mass is 19.2. The van der Waals surface area contributed by atoms with E-state index in [0.29, 0.717) is 6.54 Å². The number of halogens is 2. The van der Waals surface area contributed by atoms with Crippen molar-refractivity contribution in [2.45, 2.75) is 38.8 Å². The molecule has 23 heavy (non-hydrogen) atoms. The van der Waals surface area contributed by atoms with Crippen molar-refractivity contribution in [3.8, 4) is 0 Å². The van der Waals surface area contributed by atoms with E-state index in [-0.39, 0.29) is 30.0 Å². The summed E-state index contributed by atoms with van der Waals surface area (Å²) in [5, 5.41) is 5.97. The zero-order valence-corrected chi connectivity index (χ0v) is 13.6. The normalized spacial score (nSPS) is 19.6. The predicted molar refractivity (Wildman–Crippen MR) is 83.9 cm³/mol. The number of nitrogens with one attached hydrogen (secondary N) is 2. The number of carbonyl (C=O) groups is 1. The summed E-state index contributed by atoms with van der Waals surface area (Å²) in [7, 11) is 0. The Hall–Kier alpha value is -1.53. The summed E-state index contributed by atoms with van der Waals surface area (Å²) in [5.74, 6) is -2.05. The summed E-state index contributed by atoms with van der Waals surface area (Å²) >= 11 is 0. The smallest absolute Gasteiger partial charge is 0.246 e. The van der Waals surface area contributed by atoms with Crippen LogP contribution in [0, 0.1) is 17.6 Å². The van der Waals surface area contributed by atoms with Crippen molar-refractivity contribution in [1.82, 2.24) is 10.6 Å². The van der Waals surface area contributed by atoms with Crippen molar-refractivity contribution in [2.24, 2.45) is 5.92 Å². The van der Waals surface area contributed by atoms with Gasteiger partial charge in [-0.1, -0.05) is 12.1 Å². The van der Waals surface area contributed by atoms with Gasteiger partial charge in [-0.05, 0) is 39.3 Å². The van der Waals surface area contributed by atoms with Crippen molar-refractivity contribution in [3.05, 3.63) is 35.4 Å². The lowest BCUT2D eigenvalue weighted by Gasteiger charge is -2.31. The Balaban J connectivity index is 2.14. The van der Waals surface area contributed by atoms with Gasteiger partial charge in [0, 0.05) is 24.1 Å². The summed E-state index contributed by atoms with van der Waals surface area (Å²) < 4.78 is 33.4. The number of benzene rings is 1. The fraction of sp³-hybridized carbons (Fsp3) is 0.588. The third kappa shape index (κ3) is 4.97. The number of hydrogen-bond donors (Lipinski definition) is 2. The zero-order valence-electron chi connectivity index (χ0n) is 13.6. The minimum Gasteiger partial charge on any atom is -0.363 e. The largest absolute Gasteiger partial charge is 0.363 e. The molecular formula is C17H24F2N2O2. The number of rotatable bonds is 6. The molecule has 1 fully saturated rings. The highest BCUT2D eigenvalue weighted by Crippen LogP contribution is 2.32. The lowest BCUT2D eigenvalue weighted by Crippen LogP contribution is -2.37. The third-order valence-electron chi connectivity index (χ3n) is 3.89. The van der Waals surface area contributed by atoms with Crippen LogP contribution in [0.1, 0.15) is 38.4 Å². The second kappa shape index (κ2) is 8.36. The van der Waals surface area contributed by atoms with Crippen molar-refractivity contribution in [1.29, 1.82) is 0 Å². The van der Waals surface area contributed by atoms with E-state index < -0.39 is 17.7 Å². The summed E-state index contributed by atoms with van der Waals surface area (Å²) in [6, 6.07) is 4.08. The number of carbonyl (C=O) groups excluding carboxylic acids is 1. The minimum atomic E-state index is -0.897. The fourth-order valence-electron chi connectivity index (χ4n) is 2.89. The van der Waals surface area contributed by atoms with Crippen molar-refractivity contribution < 1.29 is 18.3 Å². The molecule has 1 saturated heterocycles. The molecule has 1 amide bonds. The molecule has 1 aromatic carbocycles. The van der Waals surface area contributed by atoms with E-state index in [1.54, 1.807) is 0 Å². The minimum absolute atomic E-state index is 0.00630. The molecule has 2 N–H and O–H groups in total. The maximum atomic E-state index is 14.2. The first-order valence-electron chi connectivity index (χ1n) is 8.04. The van der Waals surface area contributed by atoms with Crippen LogP contribution >= 0.6 is 0 Å². The average Bonchev–Trinajstić information content (AvgIpc) is 2.52. The van der Waals surface area contributed by atoms with E-state index in [0.717, 1.165) is 25.5 Å². The van der Waals surface area contributed by atoms with Crippen molar-refractivity contribution in [2.75, 3.05) is 19.7 Å². The molecule has 1 heterocycles. The van der Waals surface area contributed by atoms with Gasteiger partial charge in [0.05, 0.1) is 6.10 Å². The van der Waals surface area contributed by atoms with Gasteiger partial charge in [0.15, 0.2) is 11.6 Å². The van der Waals surface area contributed by atoms with Gasteiger partial charge in [0.25, 0.3) is 0 Å². The van der Waals surface area contributed by atoms with E-state index in [2.05, 4.69) is 10.6 Å². The molecule has 0 unspecified atom stereocenters. The number of hydrogen-bond acceptors (Lipinski definition) is 3. The first kappa shape index (κ1) is 17.8. The molecule has 0 aromatic heterocycles. The molecule has 128 valence electrons. The molecule has 1 aliphatic heterocycles. The first-order valence-corrected chi connectivity index (χ1v) is 8.04. The van der Waals surface area contributed by atoms with Crippen LogP contribution in [0.15, 0.2) is 18.2 Å². The SMILES string of the molecule is CC(C)NC(=O)CO[C@@H](c1cccc(F)c1F)[C@@H]1CCCNC1. The van der Waals surface area contributed by atoms with E-state index >= 15 is 0 Å². The number of ether oxygens (including phenoxy) is 1. The van der Waals surface area contributed by atoms with E-state index in [4.69, 9.17) is 4.74 Å². The van der Waals surface area contributed by atoms with E-state index in [9.17, 15) is 13.6 Å². The molecule has 0 saturated carbocycles. The van der Waals surface area contributed by atoms with Gasteiger partial charge in [0.2, 0.25) is 5.91 Å². The first-order chi connectivity index (χ1) is 11.0. The highest BCUT2D eigenvalue weighted by molar-refractivity contribution is 5.77. The van der Waals surface area contributed by atoms with Crippen molar-refractivity contribution >= 4 is 5.91 Å². The Bertz CT molecular complexity index is 531. The monoisotopic (exact) mass is 326 g/mol. The van der Waals surface area contributed by atoms with Crippen LogP contribution in [-0.4, -0.2) is 31.6 Å². The van der Waals surface area contributed by atoms with Crippen LogP contribution in [0.3, 0.4) is 0 Å². The van der Waals surface area contributed by atoms with Gasteiger partial charge in [-0.3, -0.25) is 4.79 Å². The fourth-order valence-corrected chi connectivity index (χ4v) is 2.89. The standard InChI is InChI=1S/C17H24F2N2O2/c1-11(2)21-15(22)10-23-17(12-5-4-8-20-9-12)13-6-3-7-14(18)16(13)19/h3,6-7,11-12,17,20H,4-5,8-10H2,1-2H3,(H,21,22)/t12-,17-/m1/s1. The van der Waals surface area contributed by atoms with Gasteiger partial charge in [0.1, 0.15) is 6.61 Å². The van der Waals surface area contributed by atoms with Crippen LogP contribution in [0.5, 0.6) is 0 Å². The van der Waals surface area contributed by atoms with Crippen LogP contribution in [0.2, 0.25) is 0 Å². The Morgan fingerprint density at radius 1 is 1.43 bits per heavy atom. The number of piperidine rings is 1. The van der Waals surface area contributed by atoms with Crippen LogP contribution < -0.4 is 10.6 Å². The molecule has 1 aliphatic rings. The Kier molecular flexibility index (Phi) is 6.47. The molecule has 0 bridgehead atoms. The summed E-state index contributed by atoms with van der Waals surface area (Å²) in [6.45, 7) is 5.10. The molecule has 0 radical (unpaired) electrons. The Morgan fingerprint density at radius 2 is 2.22 bits per heavy atom. The van der Waals surface area contributed by atoms with Crippen molar-refractivity contribution in [3.63, 3.8) is 0 Å². The zero-order chi connectivity index (χ0) is 16.8. The molecule has 2 rings (SSSR count). The average molecular weight is 326 g/mol. The second-order valence-corrected chi connectivity index (χ2v) is 6.20. The number of amides is 1. The topological polar surface area (TPSA) is 50.4 Å². The van der Waals surface area contributed by atoms with E-state index in [1.807, 2.05) is 13.8 Å². The quantitative estimate of drug-likeness (QED) is 0.845. The molecule has 1 aromatic rings. The maximum Gasteiger partial charge on any atom is 0.246 e. The molecule has 4 nitrogen and oxygen atoms in total. The lowest BCUT2D eigenvalue weighted by molar-refractivity contribution is -0.130. The second-order valence-electron chi connectivity index (χ2n) is 6.20. The highest BCUT2D eigenvalue weighted by Gasteiger charge is 2.29. The van der Waals surface area contributed by atoms with Gasteiger partial charge in [-0.2, -0.15) is 0 Å². The molecule has 2 atom stereocenters. The molecular weight excluding hydrogens is 302 g/mol. The lowest BCUT2D eigenvalue weighted by atomic mass is 9.89. The van der Waals surface area contributed by atoms with E-state index in [1.165, 1.54) is 12.1 Å². The maximum absolute atomic E-state index is 14.2. The van der Waals surface area contributed by atoms with Gasteiger partial charge in [-0.25, -0.2) is 8.78 Å². The van der Waals surface area contributed by atoms with Crippen LogP contribution in [0.25, 0.3) is 0 Å². The summed E-state index contributed by atoms with van der Waals surface area (Å²) in [6.07, 6.45) is 1.15. The molecule has 0 spiro atoms. The predicted octanol–water partition coefficient (Wildman–Crippen LogP) is 2.55.